The minimum Gasteiger partial charge on any atom is -0.508 e. The number of aliphatic hydroxyl groups excluding tert-OH is 1. The van der Waals surface area contributed by atoms with Gasteiger partial charge in [-0.15, -0.1) is 0 Å². The number of hydrogen-bond acceptors (Lipinski definition) is 5. The van der Waals surface area contributed by atoms with Gasteiger partial charge >= 0.3 is 0 Å². The Bertz CT molecular complexity index is 611. The third kappa shape index (κ3) is 2.74. The van der Waals surface area contributed by atoms with Crippen molar-refractivity contribution in [2.75, 3.05) is 5.75 Å². The fourth-order valence-corrected chi connectivity index (χ4v) is 3.00. The van der Waals surface area contributed by atoms with Crippen LogP contribution in [-0.4, -0.2) is 36.1 Å². The topological polar surface area (TPSA) is 95.9 Å². The third-order valence-electron chi connectivity index (χ3n) is 3.42. The summed E-state index contributed by atoms with van der Waals surface area (Å²) in [5.41, 5.74) is -0.515. The number of aromatic hydroxyl groups is 1. The smallest absolute Gasteiger partial charge is 0.211 e. The van der Waals surface area contributed by atoms with E-state index in [0.29, 0.717) is 11.3 Å². The summed E-state index contributed by atoms with van der Waals surface area (Å²) in [6.07, 6.45) is -1.07. The van der Waals surface area contributed by atoms with E-state index in [1.165, 1.54) is 19.1 Å². The lowest BCUT2D eigenvalue weighted by molar-refractivity contribution is -0.0603. The van der Waals surface area contributed by atoms with Crippen LogP contribution in [0.3, 0.4) is 0 Å². The highest BCUT2D eigenvalue weighted by Gasteiger charge is 2.44. The van der Waals surface area contributed by atoms with E-state index in [2.05, 4.69) is 4.72 Å². The number of hydrogen-bond donors (Lipinski definition) is 3. The lowest BCUT2D eigenvalue weighted by Crippen LogP contribution is -2.53. The zero-order chi connectivity index (χ0) is 15.1. The quantitative estimate of drug-likeness (QED) is 0.771. The highest BCUT2D eigenvalue weighted by atomic mass is 32.2. The average molecular weight is 301 g/mol. The summed E-state index contributed by atoms with van der Waals surface area (Å²) < 4.78 is 31.7. The number of rotatable bonds is 3. The van der Waals surface area contributed by atoms with Crippen LogP contribution in [0.2, 0.25) is 0 Å². The van der Waals surface area contributed by atoms with Gasteiger partial charge in [0.25, 0.3) is 0 Å². The van der Waals surface area contributed by atoms with E-state index in [4.69, 9.17) is 4.74 Å². The van der Waals surface area contributed by atoms with Crippen LogP contribution in [0.5, 0.6) is 11.5 Å². The molecule has 0 saturated heterocycles. The summed E-state index contributed by atoms with van der Waals surface area (Å²) in [7, 11) is -3.50. The van der Waals surface area contributed by atoms with Crippen molar-refractivity contribution in [3.8, 4) is 11.5 Å². The van der Waals surface area contributed by atoms with E-state index in [-0.39, 0.29) is 11.5 Å². The molecule has 1 heterocycles. The molecule has 2 atom stereocenters. The minimum absolute atomic E-state index is 0.0139. The number of ether oxygens (including phenoxy) is 1. The second-order valence-corrected chi connectivity index (χ2v) is 7.41. The van der Waals surface area contributed by atoms with Crippen LogP contribution in [0.15, 0.2) is 18.2 Å². The molecular weight excluding hydrogens is 282 g/mol. The molecule has 112 valence electrons. The molecular formula is C13H19NO5S. The van der Waals surface area contributed by atoms with Crippen molar-refractivity contribution >= 4 is 10.0 Å². The van der Waals surface area contributed by atoms with Crippen molar-refractivity contribution < 1.29 is 23.4 Å². The molecule has 2 rings (SSSR count). The van der Waals surface area contributed by atoms with Crippen molar-refractivity contribution in [2.24, 2.45) is 0 Å². The number of aliphatic hydroxyl groups is 1. The molecule has 0 spiro atoms. The van der Waals surface area contributed by atoms with Gasteiger partial charge in [-0.25, -0.2) is 13.1 Å². The first kappa shape index (κ1) is 15.1. The average Bonchev–Trinajstić information content (AvgIpc) is 2.36. The molecule has 1 aliphatic rings. The first-order valence-electron chi connectivity index (χ1n) is 6.36. The normalized spacial score (nSPS) is 24.8. The van der Waals surface area contributed by atoms with Crippen LogP contribution in [0.1, 0.15) is 32.4 Å². The molecule has 0 aliphatic carbocycles. The third-order valence-corrected chi connectivity index (χ3v) is 4.79. The van der Waals surface area contributed by atoms with Gasteiger partial charge in [0.1, 0.15) is 23.2 Å². The van der Waals surface area contributed by atoms with Crippen LogP contribution in [0.25, 0.3) is 0 Å². The van der Waals surface area contributed by atoms with Gasteiger partial charge in [-0.1, -0.05) is 0 Å². The minimum atomic E-state index is -3.50. The van der Waals surface area contributed by atoms with Crippen LogP contribution in [0, 0.1) is 0 Å². The number of phenols is 1. The van der Waals surface area contributed by atoms with Gasteiger partial charge in [0.05, 0.1) is 11.8 Å². The Labute approximate surface area is 118 Å². The fraction of sp³-hybridized carbons (Fsp3) is 0.538. The number of nitrogens with one attached hydrogen (secondary N) is 1. The fourth-order valence-electron chi connectivity index (χ4n) is 2.19. The van der Waals surface area contributed by atoms with Crippen molar-refractivity contribution in [3.63, 3.8) is 0 Å². The maximum atomic E-state index is 11.8. The van der Waals surface area contributed by atoms with E-state index in [1.54, 1.807) is 19.9 Å². The summed E-state index contributed by atoms with van der Waals surface area (Å²) in [6, 6.07) is 3.56. The Kier molecular flexibility index (Phi) is 3.70. The Morgan fingerprint density at radius 3 is 2.65 bits per heavy atom. The monoisotopic (exact) mass is 301 g/mol. The summed E-state index contributed by atoms with van der Waals surface area (Å²) in [6.45, 7) is 4.88. The molecule has 3 N–H and O–H groups in total. The molecule has 1 aromatic rings. The molecule has 7 heteroatoms. The lowest BCUT2D eigenvalue weighted by Gasteiger charge is -2.42. The molecule has 2 unspecified atom stereocenters. The maximum Gasteiger partial charge on any atom is 0.211 e. The van der Waals surface area contributed by atoms with Gasteiger partial charge in [0.2, 0.25) is 10.0 Å². The largest absolute Gasteiger partial charge is 0.508 e. The Morgan fingerprint density at radius 1 is 1.40 bits per heavy atom. The molecule has 1 aromatic carbocycles. The number of phenolic OH excluding ortho intramolecular Hbond substituents is 1. The van der Waals surface area contributed by atoms with Gasteiger partial charge < -0.3 is 14.9 Å². The summed E-state index contributed by atoms with van der Waals surface area (Å²) in [5.74, 6) is 0.341. The molecule has 0 aromatic heterocycles. The van der Waals surface area contributed by atoms with Gasteiger partial charge in [-0.3, -0.25) is 0 Å². The van der Waals surface area contributed by atoms with Crippen molar-refractivity contribution in [3.05, 3.63) is 23.8 Å². The maximum absolute atomic E-state index is 11.8. The van der Waals surface area contributed by atoms with Crippen LogP contribution in [-0.2, 0) is 10.0 Å². The molecule has 0 saturated carbocycles. The van der Waals surface area contributed by atoms with Gasteiger partial charge in [0, 0.05) is 5.56 Å². The molecule has 0 bridgehead atoms. The molecule has 0 fully saturated rings. The SMILES string of the molecule is CCS(=O)(=O)NC1c2cc(O)ccc2OC(C)(C)C1O. The van der Waals surface area contributed by atoms with E-state index < -0.39 is 27.8 Å². The lowest BCUT2D eigenvalue weighted by atomic mass is 9.87. The van der Waals surface area contributed by atoms with Crippen LogP contribution >= 0.6 is 0 Å². The zero-order valence-corrected chi connectivity index (χ0v) is 12.4. The van der Waals surface area contributed by atoms with Crippen LogP contribution in [0.4, 0.5) is 0 Å². The van der Waals surface area contributed by atoms with Gasteiger partial charge in [0.15, 0.2) is 0 Å². The van der Waals surface area contributed by atoms with Crippen molar-refractivity contribution in [1.82, 2.24) is 4.72 Å². The predicted octanol–water partition coefficient (Wildman–Crippen LogP) is 0.904. The Balaban J connectivity index is 2.51. The van der Waals surface area contributed by atoms with E-state index in [0.717, 1.165) is 0 Å². The first-order valence-corrected chi connectivity index (χ1v) is 8.01. The second-order valence-electron chi connectivity index (χ2n) is 5.37. The Hall–Kier alpha value is -1.31. The van der Waals surface area contributed by atoms with E-state index in [9.17, 15) is 18.6 Å². The molecule has 20 heavy (non-hydrogen) atoms. The standard InChI is InChI=1S/C13H19NO5S/c1-4-20(17,18)14-11-9-7-8(15)5-6-10(9)19-13(2,3)12(11)16/h5-7,11-12,14-16H,4H2,1-3H3. The summed E-state index contributed by atoms with van der Waals surface area (Å²) >= 11 is 0. The number of benzene rings is 1. The summed E-state index contributed by atoms with van der Waals surface area (Å²) in [4.78, 5) is 0. The second kappa shape index (κ2) is 4.91. The molecule has 0 amide bonds. The zero-order valence-electron chi connectivity index (χ0n) is 11.6. The van der Waals surface area contributed by atoms with Gasteiger partial charge in [-0.2, -0.15) is 0 Å². The molecule has 0 radical (unpaired) electrons. The number of fused-ring (bicyclic) bond motifs is 1. The molecule has 6 nitrogen and oxygen atoms in total. The van der Waals surface area contributed by atoms with E-state index in [1.807, 2.05) is 0 Å². The number of sulfonamides is 1. The highest BCUT2D eigenvalue weighted by Crippen LogP contribution is 2.41. The van der Waals surface area contributed by atoms with Gasteiger partial charge in [-0.05, 0) is 39.0 Å². The van der Waals surface area contributed by atoms with Crippen molar-refractivity contribution in [2.45, 2.75) is 38.5 Å². The predicted molar refractivity (Wildman–Crippen MR) is 74.2 cm³/mol. The van der Waals surface area contributed by atoms with E-state index >= 15 is 0 Å². The first-order chi connectivity index (χ1) is 9.16. The molecule has 1 aliphatic heterocycles. The Morgan fingerprint density at radius 2 is 2.05 bits per heavy atom. The highest BCUT2D eigenvalue weighted by molar-refractivity contribution is 7.89. The van der Waals surface area contributed by atoms with Crippen LogP contribution < -0.4 is 9.46 Å². The summed E-state index contributed by atoms with van der Waals surface area (Å²) in [5, 5.41) is 19.9. The van der Waals surface area contributed by atoms with Crippen molar-refractivity contribution in [1.29, 1.82) is 0 Å².